The van der Waals surface area contributed by atoms with Gasteiger partial charge >= 0.3 is 0 Å². The molecule has 3 heteroatoms. The highest BCUT2D eigenvalue weighted by Crippen LogP contribution is 2.08. The van der Waals surface area contributed by atoms with Crippen LogP contribution in [0.5, 0.6) is 0 Å². The number of ether oxygens (including phenoxy) is 1. The molecule has 0 amide bonds. The van der Waals surface area contributed by atoms with Crippen LogP contribution in [-0.2, 0) is 4.74 Å². The molecule has 1 heterocycles. The zero-order chi connectivity index (χ0) is 9.52. The van der Waals surface area contributed by atoms with Gasteiger partial charge in [0.05, 0.1) is 6.61 Å². The van der Waals surface area contributed by atoms with E-state index in [1.807, 2.05) is 7.05 Å². The molecule has 1 saturated heterocycles. The lowest BCUT2D eigenvalue weighted by molar-refractivity contribution is 0.132. The van der Waals surface area contributed by atoms with Crippen molar-refractivity contribution in [2.24, 2.45) is 0 Å². The Morgan fingerprint density at radius 2 is 2.00 bits per heavy atom. The second-order valence-corrected chi connectivity index (χ2v) is 3.80. The van der Waals surface area contributed by atoms with Crippen LogP contribution in [-0.4, -0.2) is 51.3 Å². The minimum atomic E-state index is 0.489. The summed E-state index contributed by atoms with van der Waals surface area (Å²) < 4.78 is 5.15. The van der Waals surface area contributed by atoms with Gasteiger partial charge in [-0.15, -0.1) is 0 Å². The third-order valence-electron chi connectivity index (χ3n) is 2.70. The van der Waals surface area contributed by atoms with Crippen LogP contribution >= 0.6 is 0 Å². The fourth-order valence-electron chi connectivity index (χ4n) is 1.88. The van der Waals surface area contributed by atoms with Gasteiger partial charge in [0.25, 0.3) is 0 Å². The van der Waals surface area contributed by atoms with Gasteiger partial charge in [0.2, 0.25) is 0 Å². The molecular formula is C10H22N2O. The van der Waals surface area contributed by atoms with Crippen molar-refractivity contribution in [3.8, 4) is 0 Å². The molecule has 78 valence electrons. The number of nitrogens with zero attached hydrogens (tertiary/aromatic N) is 1. The van der Waals surface area contributed by atoms with Gasteiger partial charge in [-0.1, -0.05) is 6.42 Å². The molecule has 1 rings (SSSR count). The molecular weight excluding hydrogens is 164 g/mol. The van der Waals surface area contributed by atoms with E-state index in [2.05, 4.69) is 10.2 Å². The number of methoxy groups -OCH3 is 1. The summed E-state index contributed by atoms with van der Waals surface area (Å²) in [4.78, 5) is 2.53. The molecule has 0 aromatic rings. The number of piperidine rings is 1. The van der Waals surface area contributed by atoms with Gasteiger partial charge in [0, 0.05) is 19.7 Å². The van der Waals surface area contributed by atoms with Gasteiger partial charge in [-0.25, -0.2) is 0 Å². The molecule has 0 radical (unpaired) electrons. The van der Waals surface area contributed by atoms with Gasteiger partial charge in [-0.2, -0.15) is 0 Å². The van der Waals surface area contributed by atoms with E-state index in [9.17, 15) is 0 Å². The van der Waals surface area contributed by atoms with Crippen molar-refractivity contribution in [3.63, 3.8) is 0 Å². The summed E-state index contributed by atoms with van der Waals surface area (Å²) >= 11 is 0. The number of nitrogens with one attached hydrogen (secondary N) is 1. The third kappa shape index (κ3) is 4.07. The van der Waals surface area contributed by atoms with E-state index in [4.69, 9.17) is 4.74 Å². The summed E-state index contributed by atoms with van der Waals surface area (Å²) in [6.45, 7) is 4.47. The molecule has 3 nitrogen and oxygen atoms in total. The Bertz CT molecular complexity index is 121. The van der Waals surface area contributed by atoms with Crippen molar-refractivity contribution in [2.75, 3.05) is 40.4 Å². The van der Waals surface area contributed by atoms with Gasteiger partial charge in [-0.3, -0.25) is 0 Å². The molecule has 0 saturated carbocycles. The molecule has 1 unspecified atom stereocenters. The normalized spacial score (nSPS) is 21.7. The third-order valence-corrected chi connectivity index (χ3v) is 2.70. The number of hydrogen-bond donors (Lipinski definition) is 1. The van der Waals surface area contributed by atoms with Crippen molar-refractivity contribution < 1.29 is 4.74 Å². The standard InChI is InChI=1S/C10H22N2O/c1-11-10(9-13-2)8-12-6-4-3-5-7-12/h10-11H,3-9H2,1-2H3. The summed E-state index contributed by atoms with van der Waals surface area (Å²) in [5.74, 6) is 0. The molecule has 0 aromatic carbocycles. The second kappa shape index (κ2) is 6.35. The maximum atomic E-state index is 5.15. The minimum absolute atomic E-state index is 0.489. The van der Waals surface area contributed by atoms with Crippen LogP contribution in [0.25, 0.3) is 0 Å². The van der Waals surface area contributed by atoms with Crippen molar-refractivity contribution in [1.29, 1.82) is 0 Å². The van der Waals surface area contributed by atoms with Crippen LogP contribution < -0.4 is 5.32 Å². The highest BCUT2D eigenvalue weighted by molar-refractivity contribution is 4.72. The monoisotopic (exact) mass is 186 g/mol. The van der Waals surface area contributed by atoms with Crippen LogP contribution in [0.2, 0.25) is 0 Å². The number of rotatable bonds is 5. The smallest absolute Gasteiger partial charge is 0.0628 e. The van der Waals surface area contributed by atoms with Crippen molar-refractivity contribution >= 4 is 0 Å². The van der Waals surface area contributed by atoms with Crippen molar-refractivity contribution in [1.82, 2.24) is 10.2 Å². The molecule has 0 bridgehead atoms. The second-order valence-electron chi connectivity index (χ2n) is 3.80. The summed E-state index contributed by atoms with van der Waals surface area (Å²) in [5.41, 5.74) is 0. The van der Waals surface area contributed by atoms with E-state index in [-0.39, 0.29) is 0 Å². The minimum Gasteiger partial charge on any atom is -0.383 e. The first-order valence-electron chi connectivity index (χ1n) is 5.25. The van der Waals surface area contributed by atoms with Crippen molar-refractivity contribution in [3.05, 3.63) is 0 Å². The molecule has 1 aliphatic rings. The molecule has 0 aliphatic carbocycles. The highest BCUT2D eigenvalue weighted by Gasteiger charge is 2.14. The van der Waals surface area contributed by atoms with E-state index < -0.39 is 0 Å². The van der Waals surface area contributed by atoms with Gasteiger partial charge in [0.15, 0.2) is 0 Å². The van der Waals surface area contributed by atoms with Crippen LogP contribution in [0.4, 0.5) is 0 Å². The lowest BCUT2D eigenvalue weighted by Crippen LogP contribution is -2.44. The lowest BCUT2D eigenvalue weighted by atomic mass is 10.1. The molecule has 1 N–H and O–H groups in total. The Hall–Kier alpha value is -0.120. The van der Waals surface area contributed by atoms with E-state index in [0.29, 0.717) is 6.04 Å². The first-order chi connectivity index (χ1) is 6.36. The van der Waals surface area contributed by atoms with Crippen molar-refractivity contribution in [2.45, 2.75) is 25.3 Å². The Morgan fingerprint density at radius 1 is 1.31 bits per heavy atom. The topological polar surface area (TPSA) is 24.5 Å². The average molecular weight is 186 g/mol. The lowest BCUT2D eigenvalue weighted by Gasteiger charge is -2.29. The fraction of sp³-hybridized carbons (Fsp3) is 1.00. The molecule has 0 spiro atoms. The molecule has 13 heavy (non-hydrogen) atoms. The van der Waals surface area contributed by atoms with E-state index in [1.54, 1.807) is 7.11 Å². The quantitative estimate of drug-likeness (QED) is 0.684. The van der Waals surface area contributed by atoms with Gasteiger partial charge in [0.1, 0.15) is 0 Å². The van der Waals surface area contributed by atoms with Gasteiger partial charge in [-0.05, 0) is 33.0 Å². The highest BCUT2D eigenvalue weighted by atomic mass is 16.5. The zero-order valence-electron chi connectivity index (χ0n) is 8.88. The van der Waals surface area contributed by atoms with E-state index in [1.165, 1.54) is 32.4 Å². The summed E-state index contributed by atoms with van der Waals surface area (Å²) in [6, 6.07) is 0.489. The molecule has 1 atom stereocenters. The van der Waals surface area contributed by atoms with E-state index in [0.717, 1.165) is 13.2 Å². The molecule has 0 aromatic heterocycles. The van der Waals surface area contributed by atoms with Crippen LogP contribution in [0.15, 0.2) is 0 Å². The Kier molecular flexibility index (Phi) is 5.35. The van der Waals surface area contributed by atoms with Crippen LogP contribution in [0.1, 0.15) is 19.3 Å². The van der Waals surface area contributed by atoms with E-state index >= 15 is 0 Å². The average Bonchev–Trinajstić information content (AvgIpc) is 2.19. The van der Waals surface area contributed by atoms with Crippen LogP contribution in [0.3, 0.4) is 0 Å². The number of likely N-dealkylation sites (tertiary alicyclic amines) is 1. The predicted molar refractivity (Wildman–Crippen MR) is 55.0 cm³/mol. The first kappa shape index (κ1) is 11.0. The Morgan fingerprint density at radius 3 is 2.54 bits per heavy atom. The SMILES string of the molecule is CNC(COC)CN1CCCCC1. The fourth-order valence-corrected chi connectivity index (χ4v) is 1.88. The van der Waals surface area contributed by atoms with Crippen LogP contribution in [0, 0.1) is 0 Å². The maximum Gasteiger partial charge on any atom is 0.0628 e. The first-order valence-corrected chi connectivity index (χ1v) is 5.25. The Labute approximate surface area is 81.4 Å². The largest absolute Gasteiger partial charge is 0.383 e. The Balaban J connectivity index is 2.18. The summed E-state index contributed by atoms with van der Waals surface area (Å²) in [7, 11) is 3.77. The number of hydrogen-bond acceptors (Lipinski definition) is 3. The molecule has 1 aliphatic heterocycles. The summed E-state index contributed by atoms with van der Waals surface area (Å²) in [6.07, 6.45) is 4.14. The maximum absolute atomic E-state index is 5.15. The summed E-state index contributed by atoms with van der Waals surface area (Å²) in [5, 5.41) is 3.28. The molecule has 1 fully saturated rings. The zero-order valence-corrected chi connectivity index (χ0v) is 8.88. The number of likely N-dealkylation sites (N-methyl/N-ethyl adjacent to an activating group) is 1. The van der Waals surface area contributed by atoms with Gasteiger partial charge < -0.3 is 15.0 Å². The predicted octanol–water partition coefficient (Wildman–Crippen LogP) is 0.707.